The quantitative estimate of drug-likeness (QED) is 0.164. The summed E-state index contributed by atoms with van der Waals surface area (Å²) in [5.74, 6) is 0. The van der Waals surface area contributed by atoms with Crippen LogP contribution in [0.5, 0.6) is 0 Å². The van der Waals surface area contributed by atoms with Crippen LogP contribution < -0.4 is 31.4 Å². The van der Waals surface area contributed by atoms with Crippen LogP contribution in [0, 0.1) is 0 Å². The summed E-state index contributed by atoms with van der Waals surface area (Å²) in [6, 6.07) is 3.70. The van der Waals surface area contributed by atoms with Gasteiger partial charge in [0.2, 0.25) is 30.1 Å². The van der Waals surface area contributed by atoms with Gasteiger partial charge in [-0.15, -0.1) is 70.4 Å². The van der Waals surface area contributed by atoms with Crippen molar-refractivity contribution in [1.29, 1.82) is 0 Å². The number of hydrogen-bond donors (Lipinski definition) is 6. The van der Waals surface area contributed by atoms with E-state index in [0.29, 0.717) is 55.6 Å². The fourth-order valence-corrected chi connectivity index (χ4v) is 19.8. The number of nitrogens with one attached hydrogen (secondary N) is 3. The molecule has 18 nitrogen and oxygen atoms in total. The van der Waals surface area contributed by atoms with E-state index in [1.807, 2.05) is 20.8 Å². The summed E-state index contributed by atoms with van der Waals surface area (Å²) in [6.07, 6.45) is 1.30. The summed E-state index contributed by atoms with van der Waals surface area (Å²) >= 11 is 2.22. The van der Waals surface area contributed by atoms with Crippen molar-refractivity contribution in [3.8, 4) is 0 Å². The fraction of sp³-hybridized carbons (Fsp3) is 0.625. The highest BCUT2D eigenvalue weighted by Crippen LogP contribution is 2.45. The Bertz CT molecular complexity index is 2380. The van der Waals surface area contributed by atoms with E-state index in [0.717, 1.165) is 34.0 Å². The number of sulfone groups is 3. The lowest BCUT2D eigenvalue weighted by Gasteiger charge is -2.27. The van der Waals surface area contributed by atoms with E-state index in [1.165, 1.54) is 18.2 Å². The summed E-state index contributed by atoms with van der Waals surface area (Å²) in [4.78, 5) is 0. The lowest BCUT2D eigenvalue weighted by Crippen LogP contribution is -2.33. The van der Waals surface area contributed by atoms with E-state index in [2.05, 4.69) is 16.0 Å². The summed E-state index contributed by atoms with van der Waals surface area (Å²) in [6.45, 7) is 12.7. The standard InChI is InChI=1S/3C10H16N2O4S3.2CH4.ClH.HI/c3*1-3-12-8-4-6(2)18(13,14)10-7(8)5-9(17-10)19(11,15)16;;;;/h3*5-6,8,12H,3-4H2,1-2H3,(H2,11,15,16);2*1H4;2*1H/t2*6-,8-;;;;;/m00...../s1. The van der Waals surface area contributed by atoms with E-state index < -0.39 is 75.3 Å². The third-order valence-corrected chi connectivity index (χ3v) is 25.4. The molecule has 6 atom stereocenters. The van der Waals surface area contributed by atoms with Crippen LogP contribution >= 0.6 is 70.4 Å². The molecule has 0 radical (unpaired) electrons. The smallest absolute Gasteiger partial charge is 0.247 e. The minimum atomic E-state index is -3.88. The van der Waals surface area contributed by atoms with Crippen molar-refractivity contribution in [2.24, 2.45) is 15.4 Å². The van der Waals surface area contributed by atoms with E-state index in [9.17, 15) is 50.5 Å². The van der Waals surface area contributed by atoms with Crippen LogP contribution in [0.4, 0.5) is 0 Å². The molecule has 0 fully saturated rings. The van der Waals surface area contributed by atoms with Gasteiger partial charge in [0.25, 0.3) is 0 Å². The van der Waals surface area contributed by atoms with Crippen molar-refractivity contribution in [3.63, 3.8) is 0 Å². The molecule has 3 aromatic heterocycles. The summed E-state index contributed by atoms with van der Waals surface area (Å²) in [5.41, 5.74) is 1.57. The lowest BCUT2D eigenvalue weighted by atomic mass is 10.1. The molecule has 9 N–H and O–H groups in total. The number of fused-ring (bicyclic) bond motifs is 3. The topological polar surface area (TPSA) is 319 Å². The van der Waals surface area contributed by atoms with Gasteiger partial charge >= 0.3 is 0 Å². The van der Waals surface area contributed by atoms with Gasteiger partial charge in [0.15, 0.2) is 29.5 Å². The highest BCUT2D eigenvalue weighted by molar-refractivity contribution is 14.0. The summed E-state index contributed by atoms with van der Waals surface area (Å²) in [7, 11) is -22.0. The highest BCUT2D eigenvalue weighted by atomic mass is 127. The fourth-order valence-electron chi connectivity index (χ4n) is 6.54. The third-order valence-electron chi connectivity index (χ3n) is 9.49. The Morgan fingerprint density at radius 3 is 0.885 bits per heavy atom. The Morgan fingerprint density at radius 1 is 0.525 bits per heavy atom. The third kappa shape index (κ3) is 13.1. The zero-order valence-electron chi connectivity index (χ0n) is 32.6. The van der Waals surface area contributed by atoms with E-state index in [4.69, 9.17) is 15.4 Å². The van der Waals surface area contributed by atoms with Gasteiger partial charge in [0.05, 0.1) is 15.7 Å². The maximum Gasteiger partial charge on any atom is 0.247 e. The van der Waals surface area contributed by atoms with Gasteiger partial charge in [-0.2, -0.15) is 0 Å². The van der Waals surface area contributed by atoms with Crippen LogP contribution in [-0.4, -0.2) is 85.9 Å². The molecule has 61 heavy (non-hydrogen) atoms. The van der Waals surface area contributed by atoms with E-state index in [-0.39, 0.29) is 94.6 Å². The molecule has 2 unspecified atom stereocenters. The van der Waals surface area contributed by atoms with Gasteiger partial charge in [0, 0.05) is 34.8 Å². The number of sulfonamides is 3. The Labute approximate surface area is 397 Å². The van der Waals surface area contributed by atoms with Crippen molar-refractivity contribution in [2.45, 2.75) is 135 Å². The number of hydrogen-bond acceptors (Lipinski definition) is 18. The van der Waals surface area contributed by atoms with Gasteiger partial charge in [0.1, 0.15) is 25.3 Å². The highest BCUT2D eigenvalue weighted by Gasteiger charge is 2.41. The summed E-state index contributed by atoms with van der Waals surface area (Å²) < 4.78 is 142. The minimum Gasteiger partial charge on any atom is -0.310 e. The average Bonchev–Trinajstić information content (AvgIpc) is 3.85. The molecule has 6 rings (SSSR count). The first-order chi connectivity index (χ1) is 26.0. The van der Waals surface area contributed by atoms with Crippen molar-refractivity contribution < 1.29 is 50.5 Å². The summed E-state index contributed by atoms with van der Waals surface area (Å²) in [5, 5.41) is 23.2. The maximum absolute atomic E-state index is 12.2. The SMILES string of the molecule is C.C.CCNC1CC(C)S(=O)(=O)c2sc(S(N)(=O)=O)cc21.CCN[C@H]1C[C@H](C)S(=O)(=O)c2sc(S(N)(=O)=O)cc21.CCN[C@H]1C[C@H](C)S(=O)(=O)c2sc(S(N)(=O)=O)cc21.Cl.I. The number of rotatable bonds is 9. The molecule has 6 heterocycles. The Balaban J connectivity index is 0.000000857. The molecule has 0 aromatic carbocycles. The first-order valence-corrected chi connectivity index (χ1v) is 29.2. The van der Waals surface area contributed by atoms with Gasteiger partial charge in [-0.05, 0) is 77.9 Å². The second-order valence-electron chi connectivity index (χ2n) is 13.7. The second-order valence-corrected chi connectivity index (χ2v) is 29.9. The van der Waals surface area contributed by atoms with Crippen molar-refractivity contribution in [1.82, 2.24) is 16.0 Å². The molecule has 3 aromatic rings. The Morgan fingerprint density at radius 2 is 0.721 bits per heavy atom. The lowest BCUT2D eigenvalue weighted by molar-refractivity contribution is 0.477. The number of thiophene rings is 3. The van der Waals surface area contributed by atoms with Crippen LogP contribution in [0.1, 0.15) is 110 Å². The largest absolute Gasteiger partial charge is 0.310 e. The van der Waals surface area contributed by atoms with Gasteiger partial charge in [-0.1, -0.05) is 35.6 Å². The number of primary sulfonamides is 3. The zero-order chi connectivity index (χ0) is 43.3. The number of halogens is 2. The molecular weight excluding hydrogens is 1110 g/mol. The second kappa shape index (κ2) is 22.4. The van der Waals surface area contributed by atoms with Gasteiger partial charge < -0.3 is 16.0 Å². The minimum absolute atomic E-state index is 0. The monoisotopic (exact) mass is 1170 g/mol. The van der Waals surface area contributed by atoms with Crippen molar-refractivity contribution in [2.75, 3.05) is 19.6 Å². The predicted octanol–water partition coefficient (Wildman–Crippen LogP) is 4.15. The predicted molar refractivity (Wildman–Crippen MR) is 256 cm³/mol. The van der Waals surface area contributed by atoms with Crippen LogP contribution in [0.15, 0.2) is 43.5 Å². The van der Waals surface area contributed by atoms with Crippen molar-refractivity contribution >= 4 is 130 Å². The van der Waals surface area contributed by atoms with Gasteiger partial charge in [-0.25, -0.2) is 65.9 Å². The van der Waals surface area contributed by atoms with E-state index in [1.54, 1.807) is 20.8 Å². The average molecular weight is 1170 g/mol. The van der Waals surface area contributed by atoms with Crippen molar-refractivity contribution in [3.05, 3.63) is 34.9 Å². The molecule has 3 aliphatic rings. The Hall–Kier alpha value is -0.420. The van der Waals surface area contributed by atoms with Crippen LogP contribution in [0.3, 0.4) is 0 Å². The first-order valence-electron chi connectivity index (χ1n) is 17.4. The first kappa shape index (κ1) is 60.6. The normalized spacial score (nSPS) is 24.3. The molecule has 3 aliphatic heterocycles. The number of nitrogens with two attached hydrogens (primary N) is 3. The molecule has 29 heteroatoms. The van der Waals surface area contributed by atoms with Crippen LogP contribution in [0.25, 0.3) is 0 Å². The molecule has 0 amide bonds. The van der Waals surface area contributed by atoms with E-state index >= 15 is 0 Å². The van der Waals surface area contributed by atoms with Gasteiger partial charge in [-0.3, -0.25) is 0 Å². The molecule has 0 spiro atoms. The molecule has 0 saturated heterocycles. The Kier molecular flexibility index (Phi) is 22.2. The van der Waals surface area contributed by atoms with Crippen LogP contribution in [0.2, 0.25) is 0 Å². The molecular formula is C32H58ClIN6O12S9. The maximum atomic E-state index is 12.2. The molecule has 356 valence electrons. The van der Waals surface area contributed by atoms with Crippen LogP contribution in [-0.2, 0) is 59.6 Å². The molecule has 0 aliphatic carbocycles. The molecule has 0 saturated carbocycles. The zero-order valence-corrected chi connectivity index (χ0v) is 43.1. The molecule has 0 bridgehead atoms.